The Hall–Kier alpha value is -1.74. The van der Waals surface area contributed by atoms with Gasteiger partial charge in [-0.25, -0.2) is 0 Å². The number of ketones is 1. The number of carbonyl (C=O) groups is 1. The predicted molar refractivity (Wildman–Crippen MR) is 81.7 cm³/mol. The third-order valence-electron chi connectivity index (χ3n) is 3.59. The highest BCUT2D eigenvalue weighted by atomic mass is 32.2. The first-order valence-corrected chi connectivity index (χ1v) is 7.59. The van der Waals surface area contributed by atoms with Crippen molar-refractivity contribution in [3.05, 3.63) is 59.7 Å². The molecule has 1 unspecified atom stereocenters. The SMILES string of the molecule is COc1cccc2c1CCC(Sc1ccccc1)C2=O. The molecule has 0 fully saturated rings. The Bertz CT molecular complexity index is 622. The fraction of sp³-hybridized carbons (Fsp3) is 0.235. The van der Waals surface area contributed by atoms with Crippen LogP contribution in [0.15, 0.2) is 53.4 Å². The number of Topliss-reactive ketones (excluding diaryl/α,β-unsaturated/α-hetero) is 1. The van der Waals surface area contributed by atoms with Gasteiger partial charge in [0.05, 0.1) is 12.4 Å². The first-order valence-electron chi connectivity index (χ1n) is 6.71. The second-order valence-electron chi connectivity index (χ2n) is 4.81. The van der Waals surface area contributed by atoms with E-state index in [4.69, 9.17) is 4.74 Å². The van der Waals surface area contributed by atoms with Gasteiger partial charge in [-0.3, -0.25) is 4.79 Å². The second kappa shape index (κ2) is 5.71. The van der Waals surface area contributed by atoms with Crippen LogP contribution in [0.1, 0.15) is 22.3 Å². The number of hydrogen-bond acceptors (Lipinski definition) is 3. The summed E-state index contributed by atoms with van der Waals surface area (Å²) in [5, 5.41) is 0.0111. The maximum Gasteiger partial charge on any atom is 0.176 e. The van der Waals surface area contributed by atoms with Gasteiger partial charge in [0.1, 0.15) is 5.75 Å². The first kappa shape index (κ1) is 13.3. The molecule has 2 aromatic carbocycles. The average molecular weight is 284 g/mol. The van der Waals surface area contributed by atoms with Crippen LogP contribution in [0, 0.1) is 0 Å². The average Bonchev–Trinajstić information content (AvgIpc) is 2.51. The van der Waals surface area contributed by atoms with Gasteiger partial charge < -0.3 is 4.74 Å². The fourth-order valence-corrected chi connectivity index (χ4v) is 3.71. The number of rotatable bonds is 3. The summed E-state index contributed by atoms with van der Waals surface area (Å²) >= 11 is 1.66. The summed E-state index contributed by atoms with van der Waals surface area (Å²) in [6.07, 6.45) is 1.77. The number of fused-ring (bicyclic) bond motifs is 1. The van der Waals surface area contributed by atoms with Crippen LogP contribution >= 0.6 is 11.8 Å². The summed E-state index contributed by atoms with van der Waals surface area (Å²) in [7, 11) is 1.66. The van der Waals surface area contributed by atoms with Crippen LogP contribution in [-0.2, 0) is 6.42 Å². The maximum atomic E-state index is 12.6. The van der Waals surface area contributed by atoms with Crippen LogP contribution < -0.4 is 4.74 Å². The number of thioether (sulfide) groups is 1. The highest BCUT2D eigenvalue weighted by Crippen LogP contribution is 2.36. The Balaban J connectivity index is 1.86. The van der Waals surface area contributed by atoms with E-state index < -0.39 is 0 Å². The molecule has 0 aromatic heterocycles. The van der Waals surface area contributed by atoms with Gasteiger partial charge in [0.2, 0.25) is 0 Å². The van der Waals surface area contributed by atoms with Crippen LogP contribution in [0.2, 0.25) is 0 Å². The minimum atomic E-state index is 0.0111. The number of ether oxygens (including phenoxy) is 1. The summed E-state index contributed by atoms with van der Waals surface area (Å²) in [5.74, 6) is 1.05. The zero-order valence-corrected chi connectivity index (χ0v) is 12.2. The van der Waals surface area contributed by atoms with Crippen molar-refractivity contribution in [3.63, 3.8) is 0 Å². The molecule has 0 bridgehead atoms. The summed E-state index contributed by atoms with van der Waals surface area (Å²) in [6, 6.07) is 15.9. The molecule has 0 aliphatic heterocycles. The van der Waals surface area contributed by atoms with Gasteiger partial charge in [-0.1, -0.05) is 30.3 Å². The van der Waals surface area contributed by atoms with Crippen molar-refractivity contribution in [2.75, 3.05) is 7.11 Å². The van der Waals surface area contributed by atoms with E-state index in [9.17, 15) is 4.79 Å². The quantitative estimate of drug-likeness (QED) is 0.852. The normalized spacial score (nSPS) is 17.6. The van der Waals surface area contributed by atoms with Gasteiger partial charge in [-0.15, -0.1) is 11.8 Å². The molecule has 0 N–H and O–H groups in total. The van der Waals surface area contributed by atoms with Crippen molar-refractivity contribution in [3.8, 4) is 5.75 Å². The van der Waals surface area contributed by atoms with Crippen LogP contribution in [-0.4, -0.2) is 18.1 Å². The van der Waals surface area contributed by atoms with Crippen LogP contribution in [0.25, 0.3) is 0 Å². The van der Waals surface area contributed by atoms with E-state index in [2.05, 4.69) is 12.1 Å². The van der Waals surface area contributed by atoms with Crippen molar-refractivity contribution < 1.29 is 9.53 Å². The molecule has 102 valence electrons. The van der Waals surface area contributed by atoms with E-state index >= 15 is 0 Å². The Morgan fingerprint density at radius 1 is 1.10 bits per heavy atom. The largest absolute Gasteiger partial charge is 0.496 e. The van der Waals surface area contributed by atoms with Gasteiger partial charge >= 0.3 is 0 Å². The van der Waals surface area contributed by atoms with Gasteiger partial charge in [-0.2, -0.15) is 0 Å². The van der Waals surface area contributed by atoms with E-state index in [1.54, 1.807) is 18.9 Å². The third-order valence-corrected chi connectivity index (χ3v) is 4.87. The fourth-order valence-electron chi connectivity index (χ4n) is 2.60. The molecule has 1 aliphatic carbocycles. The van der Waals surface area contributed by atoms with E-state index in [1.165, 1.54) is 0 Å². The zero-order chi connectivity index (χ0) is 13.9. The molecule has 0 heterocycles. The zero-order valence-electron chi connectivity index (χ0n) is 11.3. The molecule has 1 aliphatic rings. The van der Waals surface area contributed by atoms with Gasteiger partial charge in [-0.05, 0) is 31.0 Å². The summed E-state index contributed by atoms with van der Waals surface area (Å²) in [5.41, 5.74) is 1.88. The molecular weight excluding hydrogens is 268 g/mol. The molecule has 3 heteroatoms. The van der Waals surface area contributed by atoms with Gasteiger partial charge in [0, 0.05) is 16.0 Å². The lowest BCUT2D eigenvalue weighted by Gasteiger charge is -2.24. The van der Waals surface area contributed by atoms with Crippen molar-refractivity contribution in [2.45, 2.75) is 23.0 Å². The van der Waals surface area contributed by atoms with Crippen molar-refractivity contribution in [1.29, 1.82) is 0 Å². The second-order valence-corrected chi connectivity index (χ2v) is 6.09. The molecule has 0 saturated heterocycles. The summed E-state index contributed by atoms with van der Waals surface area (Å²) < 4.78 is 5.36. The molecule has 3 rings (SSSR count). The Morgan fingerprint density at radius 2 is 1.90 bits per heavy atom. The minimum absolute atomic E-state index is 0.0111. The molecule has 0 radical (unpaired) electrons. The van der Waals surface area contributed by atoms with E-state index in [0.29, 0.717) is 0 Å². The predicted octanol–water partition coefficient (Wildman–Crippen LogP) is 3.99. The molecule has 1 atom stereocenters. The number of benzene rings is 2. The van der Waals surface area contributed by atoms with Gasteiger partial charge in [0.25, 0.3) is 0 Å². The number of carbonyl (C=O) groups excluding carboxylic acids is 1. The van der Waals surface area contributed by atoms with E-state index in [1.807, 2.05) is 36.4 Å². The van der Waals surface area contributed by atoms with Crippen molar-refractivity contribution >= 4 is 17.5 Å². The number of hydrogen-bond donors (Lipinski definition) is 0. The van der Waals surface area contributed by atoms with Gasteiger partial charge in [0.15, 0.2) is 5.78 Å². The molecule has 0 spiro atoms. The molecule has 2 aromatic rings. The van der Waals surface area contributed by atoms with E-state index in [0.717, 1.165) is 34.6 Å². The van der Waals surface area contributed by atoms with Crippen LogP contribution in [0.4, 0.5) is 0 Å². The Morgan fingerprint density at radius 3 is 2.65 bits per heavy atom. The molecule has 2 nitrogen and oxygen atoms in total. The lowest BCUT2D eigenvalue weighted by atomic mass is 9.89. The van der Waals surface area contributed by atoms with Crippen molar-refractivity contribution in [2.24, 2.45) is 0 Å². The topological polar surface area (TPSA) is 26.3 Å². The Kier molecular flexibility index (Phi) is 3.79. The lowest BCUT2D eigenvalue weighted by Crippen LogP contribution is -2.25. The maximum absolute atomic E-state index is 12.6. The highest BCUT2D eigenvalue weighted by Gasteiger charge is 2.29. The Labute approximate surface area is 123 Å². The monoisotopic (exact) mass is 284 g/mol. The third kappa shape index (κ3) is 2.46. The molecule has 20 heavy (non-hydrogen) atoms. The van der Waals surface area contributed by atoms with Crippen LogP contribution in [0.5, 0.6) is 5.75 Å². The molecular formula is C17H16O2S. The van der Waals surface area contributed by atoms with Crippen LogP contribution in [0.3, 0.4) is 0 Å². The first-order chi connectivity index (χ1) is 9.79. The smallest absolute Gasteiger partial charge is 0.176 e. The number of methoxy groups -OCH3 is 1. The highest BCUT2D eigenvalue weighted by molar-refractivity contribution is 8.00. The lowest BCUT2D eigenvalue weighted by molar-refractivity contribution is 0.0978. The van der Waals surface area contributed by atoms with Crippen molar-refractivity contribution in [1.82, 2.24) is 0 Å². The summed E-state index contributed by atoms with van der Waals surface area (Å²) in [4.78, 5) is 13.8. The minimum Gasteiger partial charge on any atom is -0.496 e. The molecule has 0 saturated carbocycles. The summed E-state index contributed by atoms with van der Waals surface area (Å²) in [6.45, 7) is 0. The standard InChI is InChI=1S/C17H16O2S/c1-19-15-9-5-8-14-13(15)10-11-16(17(14)18)20-12-6-3-2-4-7-12/h2-9,16H,10-11H2,1H3. The van der Waals surface area contributed by atoms with E-state index in [-0.39, 0.29) is 11.0 Å². The molecule has 0 amide bonds.